The minimum absolute atomic E-state index is 0. The maximum absolute atomic E-state index is 12.1. The molecule has 0 radical (unpaired) electrons. The largest absolute Gasteiger partial charge is 3.00 e. The fourth-order valence-corrected chi connectivity index (χ4v) is 3.03. The Hall–Kier alpha value is -1.69. The van der Waals surface area contributed by atoms with Crippen molar-refractivity contribution < 1.29 is 43.3 Å². The van der Waals surface area contributed by atoms with Crippen molar-refractivity contribution in [3.8, 4) is 0 Å². The maximum atomic E-state index is 12.1. The van der Waals surface area contributed by atoms with Gasteiger partial charge >= 0.3 is 25.0 Å². The molecule has 0 N–H and O–H groups in total. The van der Waals surface area contributed by atoms with Gasteiger partial charge in [-0.2, -0.15) is 0 Å². The van der Waals surface area contributed by atoms with Crippen molar-refractivity contribution in [3.05, 3.63) is 35.9 Å². The Morgan fingerprint density at radius 1 is 0.821 bits per heavy atom. The van der Waals surface area contributed by atoms with Crippen LogP contribution in [0.2, 0.25) is 0 Å². The van der Waals surface area contributed by atoms with E-state index in [9.17, 15) is 4.57 Å². The molecule has 0 saturated heterocycles. The minimum atomic E-state index is -2.94. The molecule has 0 unspecified atom stereocenters. The third-order valence-corrected chi connectivity index (χ3v) is 3.93. The Labute approximate surface area is 176 Å². The average molecular weight is 432 g/mol. The molecule has 1 rings (SSSR count). The first-order valence-electron chi connectivity index (χ1n) is 7.84. The molecule has 0 aliphatic rings. The quantitative estimate of drug-likeness (QED) is 0.420. The number of carbonyl (C=O) groups is 3. The molecule has 0 aromatic heterocycles. The molecule has 0 fully saturated rings. The van der Waals surface area contributed by atoms with Crippen LogP contribution in [0.5, 0.6) is 0 Å². The van der Waals surface area contributed by atoms with Crippen LogP contribution >= 0.6 is 7.60 Å². The van der Waals surface area contributed by atoms with Crippen LogP contribution in [0.15, 0.2) is 30.3 Å². The molecule has 11 heteroatoms. The van der Waals surface area contributed by atoms with Crippen molar-refractivity contribution in [2.24, 2.45) is 0 Å². The number of hydrogen-bond donors (Lipinski definition) is 0. The summed E-state index contributed by atoms with van der Waals surface area (Å²) < 4.78 is 22.6. The number of carboxylic acid groups (broad SMARTS) is 3. The summed E-state index contributed by atoms with van der Waals surface area (Å²) in [5.74, 6) is -3.25. The third-order valence-electron chi connectivity index (χ3n) is 1.87. The second-order valence-corrected chi connectivity index (χ2v) is 6.62. The molecule has 0 spiro atoms. The number of carbonyl (C=O) groups excluding carboxylic acids is 3. The number of rotatable bonds is 6. The van der Waals surface area contributed by atoms with Gasteiger partial charge in [0.2, 0.25) is 0 Å². The van der Waals surface area contributed by atoms with E-state index in [1.54, 1.807) is 0 Å². The fourth-order valence-electron chi connectivity index (χ4n) is 1.33. The first kappa shape index (κ1) is 33.9. The van der Waals surface area contributed by atoms with E-state index in [-0.39, 0.29) is 17.4 Å². The van der Waals surface area contributed by atoms with Gasteiger partial charge in [-0.05, 0) is 40.2 Å². The van der Waals surface area contributed by atoms with Gasteiger partial charge in [-0.1, -0.05) is 30.3 Å². The first-order valence-corrected chi connectivity index (χ1v) is 9.57. The van der Waals surface area contributed by atoms with Crippen molar-refractivity contribution in [1.82, 2.24) is 0 Å². The summed E-state index contributed by atoms with van der Waals surface area (Å²) in [6.07, 6.45) is 0.343. The molecule has 0 atom stereocenters. The fraction of sp³-hybridized carbons (Fsp3) is 0.471. The molecule has 0 aliphatic heterocycles. The van der Waals surface area contributed by atoms with Crippen LogP contribution in [0.3, 0.4) is 0 Å². The molecule has 1 aromatic carbocycles. The zero-order valence-corrected chi connectivity index (χ0v) is 18.8. The maximum Gasteiger partial charge on any atom is 3.00 e. The van der Waals surface area contributed by atoms with Crippen LogP contribution in [0, 0.1) is 0 Å². The van der Waals surface area contributed by atoms with Gasteiger partial charge in [0.05, 0.1) is 19.4 Å². The molecular formula is C17H26AlO9P. The predicted molar refractivity (Wildman–Crippen MR) is 98.8 cm³/mol. The minimum Gasteiger partial charge on any atom is -0.550 e. The van der Waals surface area contributed by atoms with Crippen LogP contribution in [0.4, 0.5) is 0 Å². The van der Waals surface area contributed by atoms with Gasteiger partial charge in [-0.25, -0.2) is 0 Å². The van der Waals surface area contributed by atoms with Crippen LogP contribution in [-0.4, -0.2) is 48.5 Å². The van der Waals surface area contributed by atoms with Gasteiger partial charge < -0.3 is 38.8 Å². The normalized spacial score (nSPS) is 8.89. The zero-order valence-electron chi connectivity index (χ0n) is 16.7. The monoisotopic (exact) mass is 432 g/mol. The van der Waals surface area contributed by atoms with E-state index >= 15 is 0 Å². The van der Waals surface area contributed by atoms with Crippen molar-refractivity contribution in [1.29, 1.82) is 0 Å². The Balaban J connectivity index is -0.000000183. The number of hydrogen-bond acceptors (Lipinski definition) is 9. The van der Waals surface area contributed by atoms with E-state index in [2.05, 4.69) is 0 Å². The molecule has 0 saturated carbocycles. The molecular weight excluding hydrogens is 406 g/mol. The Morgan fingerprint density at radius 3 is 1.36 bits per heavy atom. The van der Waals surface area contributed by atoms with Gasteiger partial charge in [0.25, 0.3) is 0 Å². The number of benzene rings is 1. The number of carboxylic acids is 3. The first-order chi connectivity index (χ1) is 12.4. The van der Waals surface area contributed by atoms with E-state index in [0.29, 0.717) is 19.4 Å². The number of aliphatic carboxylic acids is 3. The Kier molecular flexibility index (Phi) is 26.1. The summed E-state index contributed by atoms with van der Waals surface area (Å²) in [7, 11) is -2.94. The molecule has 0 aliphatic carbocycles. The SMILES string of the molecule is CC(=O)[O-].CC(=O)[O-].CC(=O)[O-].CCOP(=O)(Cc1ccccc1)OCC.[Al+3]. The standard InChI is InChI=1S/C11H17O3P.3C2H4O2.Al/c1-3-13-15(12,14-4-2)10-11-8-6-5-7-9-11;3*1-2(3)4;/h5-9H,3-4,10H2,1-2H3;3*1H3,(H,3,4);/q;;;;+3/p-3. The summed E-state index contributed by atoms with van der Waals surface area (Å²) in [6.45, 7) is 7.36. The van der Waals surface area contributed by atoms with Gasteiger partial charge in [0.15, 0.2) is 0 Å². The molecule has 1 aromatic rings. The van der Waals surface area contributed by atoms with Crippen LogP contribution in [0.1, 0.15) is 40.2 Å². The molecule has 156 valence electrons. The van der Waals surface area contributed by atoms with Gasteiger partial charge in [-0.15, -0.1) is 0 Å². The molecule has 0 heterocycles. The molecule has 0 bridgehead atoms. The van der Waals surface area contributed by atoms with Crippen molar-refractivity contribution in [3.63, 3.8) is 0 Å². The summed E-state index contributed by atoms with van der Waals surface area (Å²) >= 11 is 0. The molecule has 28 heavy (non-hydrogen) atoms. The second-order valence-electron chi connectivity index (χ2n) is 4.56. The van der Waals surface area contributed by atoms with E-state index in [1.165, 1.54) is 0 Å². The van der Waals surface area contributed by atoms with E-state index in [4.69, 9.17) is 38.8 Å². The van der Waals surface area contributed by atoms with Crippen LogP contribution in [0.25, 0.3) is 0 Å². The van der Waals surface area contributed by atoms with Gasteiger partial charge in [0.1, 0.15) is 0 Å². The summed E-state index contributed by atoms with van der Waals surface area (Å²) in [6, 6.07) is 9.60. The van der Waals surface area contributed by atoms with Crippen molar-refractivity contribution in [2.75, 3.05) is 13.2 Å². The Bertz CT molecular complexity index is 529. The molecule has 0 amide bonds. The van der Waals surface area contributed by atoms with Crippen molar-refractivity contribution in [2.45, 2.75) is 40.8 Å². The topological polar surface area (TPSA) is 156 Å². The smallest absolute Gasteiger partial charge is 0.550 e. The van der Waals surface area contributed by atoms with Gasteiger partial charge in [0, 0.05) is 17.9 Å². The van der Waals surface area contributed by atoms with Crippen LogP contribution in [-0.2, 0) is 34.2 Å². The van der Waals surface area contributed by atoms with E-state index in [0.717, 1.165) is 26.3 Å². The van der Waals surface area contributed by atoms with E-state index in [1.807, 2.05) is 44.2 Å². The Morgan fingerprint density at radius 2 is 1.11 bits per heavy atom. The van der Waals surface area contributed by atoms with E-state index < -0.39 is 25.5 Å². The zero-order chi connectivity index (χ0) is 21.9. The predicted octanol–water partition coefficient (Wildman–Crippen LogP) is -0.659. The van der Waals surface area contributed by atoms with Gasteiger partial charge in [-0.3, -0.25) is 4.57 Å². The third kappa shape index (κ3) is 35.4. The summed E-state index contributed by atoms with van der Waals surface area (Å²) in [4.78, 5) is 26.7. The summed E-state index contributed by atoms with van der Waals surface area (Å²) in [5.41, 5.74) is 0.975. The average Bonchev–Trinajstić information content (AvgIpc) is 2.46. The van der Waals surface area contributed by atoms with Crippen LogP contribution < -0.4 is 15.3 Å². The van der Waals surface area contributed by atoms with Crippen molar-refractivity contribution >= 4 is 42.9 Å². The summed E-state index contributed by atoms with van der Waals surface area (Å²) in [5, 5.41) is 26.7. The second kappa shape index (κ2) is 21.6. The molecule has 9 nitrogen and oxygen atoms in total.